The van der Waals surface area contributed by atoms with Crippen molar-refractivity contribution in [3.63, 3.8) is 0 Å². The van der Waals surface area contributed by atoms with Gasteiger partial charge < -0.3 is 15.2 Å². The summed E-state index contributed by atoms with van der Waals surface area (Å²) in [6, 6.07) is 12.0. The summed E-state index contributed by atoms with van der Waals surface area (Å²) >= 11 is 5.76. The van der Waals surface area contributed by atoms with Gasteiger partial charge in [-0.15, -0.1) is 0 Å². The molecule has 0 aromatic heterocycles. The number of carbonyl (C=O) groups excluding carboxylic acids is 1. The molecule has 0 heterocycles. The second kappa shape index (κ2) is 6.99. The lowest BCUT2D eigenvalue weighted by Gasteiger charge is -2.08. The molecule has 5 heteroatoms. The Hall–Kier alpha value is -2.20. The van der Waals surface area contributed by atoms with Crippen molar-refractivity contribution < 1.29 is 14.6 Å². The van der Waals surface area contributed by atoms with Gasteiger partial charge in [0.15, 0.2) is 0 Å². The number of hydrogen-bond acceptors (Lipinski definition) is 3. The van der Waals surface area contributed by atoms with Crippen LogP contribution in [0.4, 0.5) is 0 Å². The molecule has 4 nitrogen and oxygen atoms in total. The van der Waals surface area contributed by atoms with Gasteiger partial charge in [0.1, 0.15) is 18.1 Å². The van der Waals surface area contributed by atoms with E-state index in [2.05, 4.69) is 5.32 Å². The summed E-state index contributed by atoms with van der Waals surface area (Å²) in [5, 5.41) is 12.2. The van der Waals surface area contributed by atoms with Gasteiger partial charge >= 0.3 is 0 Å². The Kier molecular flexibility index (Phi) is 5.06. The highest BCUT2D eigenvalue weighted by molar-refractivity contribution is 6.32. The van der Waals surface area contributed by atoms with Gasteiger partial charge in [-0.2, -0.15) is 0 Å². The zero-order chi connectivity index (χ0) is 15.2. The number of aromatic hydroxyl groups is 1. The van der Waals surface area contributed by atoms with E-state index in [-0.39, 0.29) is 16.7 Å². The van der Waals surface area contributed by atoms with E-state index in [1.54, 1.807) is 0 Å². The maximum atomic E-state index is 11.9. The number of aryl methyl sites for hydroxylation is 1. The van der Waals surface area contributed by atoms with Crippen LogP contribution < -0.4 is 10.1 Å². The number of halogens is 1. The summed E-state index contributed by atoms with van der Waals surface area (Å²) < 4.78 is 5.54. The minimum Gasteiger partial charge on any atom is -0.506 e. The van der Waals surface area contributed by atoms with Crippen molar-refractivity contribution >= 4 is 17.5 Å². The van der Waals surface area contributed by atoms with E-state index in [0.717, 1.165) is 11.3 Å². The number of rotatable bonds is 5. The third kappa shape index (κ3) is 4.39. The van der Waals surface area contributed by atoms with E-state index in [9.17, 15) is 9.90 Å². The van der Waals surface area contributed by atoms with Crippen LogP contribution in [0, 0.1) is 6.92 Å². The summed E-state index contributed by atoms with van der Waals surface area (Å²) in [6.45, 7) is 2.75. The quantitative estimate of drug-likeness (QED) is 0.834. The highest BCUT2D eigenvalue weighted by atomic mass is 35.5. The highest BCUT2D eigenvalue weighted by Crippen LogP contribution is 2.23. The van der Waals surface area contributed by atoms with Crippen LogP contribution in [0.3, 0.4) is 0 Å². The van der Waals surface area contributed by atoms with Gasteiger partial charge in [-0.1, -0.05) is 23.7 Å². The second-order valence-corrected chi connectivity index (χ2v) is 4.99. The average Bonchev–Trinajstić information content (AvgIpc) is 2.46. The molecule has 0 unspecified atom stereocenters. The molecule has 0 aliphatic heterocycles. The lowest BCUT2D eigenvalue weighted by Crippen LogP contribution is -2.28. The molecular weight excluding hydrogens is 290 g/mol. The minimum atomic E-state index is -0.259. The fraction of sp³-hybridized carbons (Fsp3) is 0.188. The number of ether oxygens (including phenoxy) is 1. The Morgan fingerprint density at radius 1 is 1.29 bits per heavy atom. The first-order chi connectivity index (χ1) is 10.1. The van der Waals surface area contributed by atoms with Crippen LogP contribution in [0.15, 0.2) is 42.5 Å². The van der Waals surface area contributed by atoms with Crippen LogP contribution in [0.2, 0.25) is 5.02 Å². The summed E-state index contributed by atoms with van der Waals surface area (Å²) in [5.41, 5.74) is 1.52. The van der Waals surface area contributed by atoms with Crippen LogP contribution in [0.25, 0.3) is 0 Å². The van der Waals surface area contributed by atoms with Crippen LogP contribution in [-0.4, -0.2) is 24.2 Å². The number of hydrogen-bond donors (Lipinski definition) is 2. The molecule has 0 saturated carbocycles. The van der Waals surface area contributed by atoms with Gasteiger partial charge in [-0.25, -0.2) is 0 Å². The normalized spacial score (nSPS) is 10.2. The molecule has 2 aromatic rings. The number of nitrogens with one attached hydrogen (secondary N) is 1. The van der Waals surface area contributed by atoms with Crippen molar-refractivity contribution in [1.82, 2.24) is 5.32 Å². The fourth-order valence-corrected chi connectivity index (χ4v) is 1.97. The molecule has 2 aromatic carbocycles. The van der Waals surface area contributed by atoms with Gasteiger partial charge in [0.25, 0.3) is 5.91 Å². The monoisotopic (exact) mass is 305 g/mol. The molecule has 110 valence electrons. The number of phenols is 1. The summed E-state index contributed by atoms with van der Waals surface area (Å²) in [7, 11) is 0. The first kappa shape index (κ1) is 15.2. The Morgan fingerprint density at radius 3 is 2.81 bits per heavy atom. The Balaban J connectivity index is 1.80. The molecule has 0 saturated heterocycles. The maximum absolute atomic E-state index is 11.9. The largest absolute Gasteiger partial charge is 0.506 e. The molecule has 0 fully saturated rings. The van der Waals surface area contributed by atoms with Gasteiger partial charge in [-0.3, -0.25) is 4.79 Å². The third-order valence-corrected chi connectivity index (χ3v) is 3.16. The van der Waals surface area contributed by atoms with E-state index in [1.807, 2.05) is 31.2 Å². The lowest BCUT2D eigenvalue weighted by molar-refractivity contribution is 0.0947. The van der Waals surface area contributed by atoms with Crippen LogP contribution in [-0.2, 0) is 0 Å². The molecule has 2 rings (SSSR count). The van der Waals surface area contributed by atoms with Crippen molar-refractivity contribution in [3.8, 4) is 11.5 Å². The van der Waals surface area contributed by atoms with Gasteiger partial charge in [0, 0.05) is 5.56 Å². The Labute approximate surface area is 128 Å². The van der Waals surface area contributed by atoms with E-state index >= 15 is 0 Å². The van der Waals surface area contributed by atoms with E-state index in [4.69, 9.17) is 16.3 Å². The maximum Gasteiger partial charge on any atom is 0.251 e. The Morgan fingerprint density at radius 2 is 2.10 bits per heavy atom. The molecule has 21 heavy (non-hydrogen) atoms. The third-order valence-electron chi connectivity index (χ3n) is 2.86. The van der Waals surface area contributed by atoms with Crippen LogP contribution >= 0.6 is 11.6 Å². The van der Waals surface area contributed by atoms with Crippen molar-refractivity contribution in [2.45, 2.75) is 6.92 Å². The minimum absolute atomic E-state index is 0.0454. The molecule has 0 aliphatic rings. The van der Waals surface area contributed by atoms with Gasteiger partial charge in [-0.05, 0) is 42.8 Å². The fourth-order valence-electron chi connectivity index (χ4n) is 1.79. The molecule has 0 spiro atoms. The molecule has 0 atom stereocenters. The lowest BCUT2D eigenvalue weighted by atomic mass is 10.2. The molecule has 1 amide bonds. The predicted octanol–water partition coefficient (Wildman–Crippen LogP) is 3.16. The first-order valence-corrected chi connectivity index (χ1v) is 6.90. The predicted molar refractivity (Wildman–Crippen MR) is 82.1 cm³/mol. The molecule has 0 radical (unpaired) electrons. The second-order valence-electron chi connectivity index (χ2n) is 4.59. The zero-order valence-electron chi connectivity index (χ0n) is 11.6. The SMILES string of the molecule is Cc1cccc(OCCNC(=O)c2ccc(O)c(Cl)c2)c1. The highest BCUT2D eigenvalue weighted by Gasteiger charge is 2.07. The van der Waals surface area contributed by atoms with Crippen LogP contribution in [0.1, 0.15) is 15.9 Å². The van der Waals surface area contributed by atoms with E-state index < -0.39 is 0 Å². The van der Waals surface area contributed by atoms with Crippen molar-refractivity contribution in [2.24, 2.45) is 0 Å². The number of carbonyl (C=O) groups is 1. The smallest absolute Gasteiger partial charge is 0.251 e. The number of amides is 1. The van der Waals surface area contributed by atoms with Gasteiger partial charge in [0.05, 0.1) is 11.6 Å². The summed E-state index contributed by atoms with van der Waals surface area (Å²) in [6.07, 6.45) is 0. The number of benzene rings is 2. The topological polar surface area (TPSA) is 58.6 Å². The summed E-state index contributed by atoms with van der Waals surface area (Å²) in [5.74, 6) is 0.470. The number of phenolic OH excluding ortho intramolecular Hbond substituents is 1. The van der Waals surface area contributed by atoms with Crippen molar-refractivity contribution in [3.05, 3.63) is 58.6 Å². The molecule has 2 N–H and O–H groups in total. The first-order valence-electron chi connectivity index (χ1n) is 6.52. The molecular formula is C16H16ClNO3. The molecule has 0 aliphatic carbocycles. The standard InChI is InChI=1S/C16H16ClNO3/c1-11-3-2-4-13(9-11)21-8-7-18-16(20)12-5-6-15(19)14(17)10-12/h2-6,9-10,19H,7-8H2,1H3,(H,18,20). The average molecular weight is 306 g/mol. The zero-order valence-corrected chi connectivity index (χ0v) is 12.4. The van der Waals surface area contributed by atoms with E-state index in [0.29, 0.717) is 18.7 Å². The summed E-state index contributed by atoms with van der Waals surface area (Å²) in [4.78, 5) is 11.9. The van der Waals surface area contributed by atoms with Crippen molar-refractivity contribution in [2.75, 3.05) is 13.2 Å². The van der Waals surface area contributed by atoms with E-state index in [1.165, 1.54) is 18.2 Å². The Bertz CT molecular complexity index is 643. The molecule has 0 bridgehead atoms. The van der Waals surface area contributed by atoms with Crippen LogP contribution in [0.5, 0.6) is 11.5 Å². The van der Waals surface area contributed by atoms with Gasteiger partial charge in [0.2, 0.25) is 0 Å². The van der Waals surface area contributed by atoms with Crippen molar-refractivity contribution in [1.29, 1.82) is 0 Å².